The van der Waals surface area contributed by atoms with Crippen molar-refractivity contribution in [1.82, 2.24) is 5.01 Å². The average molecular weight is 664 g/mol. The van der Waals surface area contributed by atoms with E-state index in [2.05, 4.69) is 15.2 Å². The Labute approximate surface area is 255 Å². The van der Waals surface area contributed by atoms with E-state index < -0.39 is 65.5 Å². The van der Waals surface area contributed by atoms with Gasteiger partial charge < -0.3 is 14.8 Å². The molecule has 0 aliphatic carbocycles. The maximum atomic E-state index is 13.7. The van der Waals surface area contributed by atoms with E-state index in [0.29, 0.717) is 6.07 Å². The highest BCUT2D eigenvalue weighted by Gasteiger charge is 2.53. The van der Waals surface area contributed by atoms with Crippen LogP contribution in [0.4, 0.5) is 40.8 Å². The van der Waals surface area contributed by atoms with Crippen LogP contribution in [-0.2, 0) is 32.1 Å². The van der Waals surface area contributed by atoms with Crippen LogP contribution < -0.4 is 10.1 Å². The lowest BCUT2D eigenvalue weighted by molar-refractivity contribution is -0.147. The first-order valence-electron chi connectivity index (χ1n) is 13.0. The van der Waals surface area contributed by atoms with Crippen LogP contribution in [0.5, 0.6) is 5.75 Å². The smallest absolute Gasteiger partial charge is 0.417 e. The zero-order valence-electron chi connectivity index (χ0n) is 23.0. The number of alkyl halides is 8. The van der Waals surface area contributed by atoms with Crippen LogP contribution in [-0.4, -0.2) is 48.9 Å². The van der Waals surface area contributed by atoms with Crippen LogP contribution in [0.2, 0.25) is 5.02 Å². The third-order valence-corrected chi connectivity index (χ3v) is 6.94. The number of carbonyl (C=O) groups excluding carboxylic acids is 2. The number of ether oxygens (including phenoxy) is 2. The van der Waals surface area contributed by atoms with Gasteiger partial charge in [0.15, 0.2) is 5.41 Å². The molecule has 45 heavy (non-hydrogen) atoms. The highest BCUT2D eigenvalue weighted by atomic mass is 35.5. The first-order valence-corrected chi connectivity index (χ1v) is 13.3. The van der Waals surface area contributed by atoms with E-state index in [1.807, 2.05) is 0 Å². The number of benzene rings is 3. The number of halogens is 9. The van der Waals surface area contributed by atoms with E-state index >= 15 is 0 Å². The fourth-order valence-corrected chi connectivity index (χ4v) is 4.98. The molecule has 0 radical (unpaired) electrons. The minimum Gasteiger partial charge on any atom is -0.465 e. The molecule has 4 rings (SSSR count). The maximum Gasteiger partial charge on any atom is 0.417 e. The average Bonchev–Trinajstić information content (AvgIpc) is 3.32. The molecule has 1 heterocycles. The molecule has 0 bridgehead atoms. The van der Waals surface area contributed by atoms with Gasteiger partial charge in [0.05, 0.1) is 35.0 Å². The normalized spacial score (nSPS) is 16.9. The SMILES string of the molecule is CCOC(=O)C1(c2ccc(OC(F)F)cc2)CN(CC(=O)Nc2ccc(C(F)(F)F)cc2)N=C1c1ccc(C(F)(F)F)c(Cl)c1. The van der Waals surface area contributed by atoms with Crippen LogP contribution >= 0.6 is 11.6 Å². The Morgan fingerprint density at radius 1 is 0.978 bits per heavy atom. The minimum atomic E-state index is -4.80. The number of hydrogen-bond donors (Lipinski definition) is 1. The molecule has 1 aliphatic heterocycles. The van der Waals surface area contributed by atoms with Crippen molar-refractivity contribution in [3.63, 3.8) is 0 Å². The molecule has 1 aliphatic rings. The number of amides is 1. The van der Waals surface area contributed by atoms with Crippen molar-refractivity contribution in [1.29, 1.82) is 0 Å². The predicted octanol–water partition coefficient (Wildman–Crippen LogP) is 7.14. The highest BCUT2D eigenvalue weighted by molar-refractivity contribution is 6.32. The van der Waals surface area contributed by atoms with Crippen LogP contribution in [0.15, 0.2) is 71.8 Å². The molecule has 0 spiro atoms. The van der Waals surface area contributed by atoms with Gasteiger partial charge in [-0.2, -0.15) is 40.2 Å². The number of hydrogen-bond acceptors (Lipinski definition) is 6. The van der Waals surface area contributed by atoms with Gasteiger partial charge in [-0.05, 0) is 61.0 Å². The second kappa shape index (κ2) is 12.9. The molecule has 16 heteroatoms. The van der Waals surface area contributed by atoms with E-state index in [1.165, 1.54) is 19.1 Å². The molecule has 1 amide bonds. The third kappa shape index (κ3) is 7.47. The van der Waals surface area contributed by atoms with E-state index in [4.69, 9.17) is 16.3 Å². The topological polar surface area (TPSA) is 80.2 Å². The van der Waals surface area contributed by atoms with Crippen molar-refractivity contribution >= 4 is 34.9 Å². The lowest BCUT2D eigenvalue weighted by atomic mass is 9.74. The molecule has 240 valence electrons. The Bertz CT molecular complexity index is 1580. The Hall–Kier alpha value is -4.40. The van der Waals surface area contributed by atoms with Gasteiger partial charge in [-0.15, -0.1) is 0 Å². The Morgan fingerprint density at radius 3 is 2.16 bits per heavy atom. The number of nitrogens with zero attached hydrogens (tertiary/aromatic N) is 2. The van der Waals surface area contributed by atoms with Crippen LogP contribution in [0, 0.1) is 0 Å². The number of carbonyl (C=O) groups is 2. The molecule has 0 fully saturated rings. The summed E-state index contributed by atoms with van der Waals surface area (Å²) >= 11 is 5.96. The molecule has 1 N–H and O–H groups in total. The predicted molar refractivity (Wildman–Crippen MR) is 146 cm³/mol. The molecule has 0 aromatic heterocycles. The summed E-state index contributed by atoms with van der Waals surface area (Å²) in [6.45, 7) is -2.75. The molecule has 7 nitrogen and oxygen atoms in total. The number of hydrazone groups is 1. The van der Waals surface area contributed by atoms with Crippen LogP contribution in [0.25, 0.3) is 0 Å². The minimum absolute atomic E-state index is 0.0252. The van der Waals surface area contributed by atoms with E-state index in [0.717, 1.165) is 53.5 Å². The summed E-state index contributed by atoms with van der Waals surface area (Å²) < 4.78 is 114. The molecule has 1 atom stereocenters. The molecular formula is C29H22ClF8N3O4. The number of rotatable bonds is 9. The second-order valence-corrected chi connectivity index (χ2v) is 10.0. The van der Waals surface area contributed by atoms with Gasteiger partial charge in [0.2, 0.25) is 5.91 Å². The Balaban J connectivity index is 1.75. The second-order valence-electron chi connectivity index (χ2n) is 9.62. The Kier molecular flexibility index (Phi) is 9.61. The molecule has 0 saturated heterocycles. The van der Waals surface area contributed by atoms with Gasteiger partial charge in [0.25, 0.3) is 0 Å². The van der Waals surface area contributed by atoms with Crippen molar-refractivity contribution in [2.24, 2.45) is 5.10 Å². The largest absolute Gasteiger partial charge is 0.465 e. The first-order chi connectivity index (χ1) is 21.0. The summed E-state index contributed by atoms with van der Waals surface area (Å²) in [6.07, 6.45) is -9.39. The summed E-state index contributed by atoms with van der Waals surface area (Å²) in [5, 5.41) is 7.19. The fraction of sp³-hybridized carbons (Fsp3) is 0.276. The summed E-state index contributed by atoms with van der Waals surface area (Å²) in [5.74, 6) is -1.94. The molecule has 3 aromatic carbocycles. The van der Waals surface area contributed by atoms with Gasteiger partial charge in [0, 0.05) is 11.3 Å². The monoisotopic (exact) mass is 663 g/mol. The number of nitrogens with one attached hydrogen (secondary N) is 1. The summed E-state index contributed by atoms with van der Waals surface area (Å²) in [7, 11) is 0. The number of anilines is 1. The van der Waals surface area contributed by atoms with Crippen molar-refractivity contribution in [3.8, 4) is 5.75 Å². The van der Waals surface area contributed by atoms with Crippen molar-refractivity contribution in [2.75, 3.05) is 25.0 Å². The quantitative estimate of drug-likeness (QED) is 0.195. The Morgan fingerprint density at radius 2 is 1.62 bits per heavy atom. The van der Waals surface area contributed by atoms with Crippen molar-refractivity contribution in [2.45, 2.75) is 31.3 Å². The summed E-state index contributed by atoms with van der Waals surface area (Å²) in [5.41, 5.74) is -4.07. The lowest BCUT2D eigenvalue weighted by Gasteiger charge is -2.29. The van der Waals surface area contributed by atoms with Crippen molar-refractivity contribution < 1.29 is 54.2 Å². The third-order valence-electron chi connectivity index (χ3n) is 6.63. The lowest BCUT2D eigenvalue weighted by Crippen LogP contribution is -2.48. The molecular weight excluding hydrogens is 642 g/mol. The van der Waals surface area contributed by atoms with E-state index in [1.54, 1.807) is 0 Å². The standard InChI is InChI=1S/C29H22ClF8N3O4/c1-2-44-25(43)27(17-6-10-20(11-7-17)45-26(31)32)15-41(14-23(42)39-19-8-4-18(5-9-19)28(33,34)35)40-24(27)16-3-12-21(22(30)13-16)29(36,37)38/h3-13,26H,2,14-15H2,1H3,(H,39,42). The fourth-order valence-electron chi connectivity index (χ4n) is 4.69. The maximum absolute atomic E-state index is 13.7. The van der Waals surface area contributed by atoms with Crippen LogP contribution in [0.1, 0.15) is 29.2 Å². The van der Waals surface area contributed by atoms with Gasteiger partial charge in [0.1, 0.15) is 12.3 Å². The van der Waals surface area contributed by atoms with Crippen molar-refractivity contribution in [3.05, 3.63) is 94.0 Å². The summed E-state index contributed by atoms with van der Waals surface area (Å²) in [4.78, 5) is 26.6. The van der Waals surface area contributed by atoms with Gasteiger partial charge in [-0.25, -0.2) is 0 Å². The molecule has 1 unspecified atom stereocenters. The molecule has 3 aromatic rings. The first kappa shape index (κ1) is 33.5. The summed E-state index contributed by atoms with van der Waals surface area (Å²) in [6, 6.07) is 11.1. The highest BCUT2D eigenvalue weighted by Crippen LogP contribution is 2.40. The van der Waals surface area contributed by atoms with Gasteiger partial charge in [-0.3, -0.25) is 14.6 Å². The van der Waals surface area contributed by atoms with Gasteiger partial charge >= 0.3 is 24.9 Å². The zero-order chi connectivity index (χ0) is 33.2. The van der Waals surface area contributed by atoms with E-state index in [-0.39, 0.29) is 34.9 Å². The van der Waals surface area contributed by atoms with E-state index in [9.17, 15) is 44.7 Å². The zero-order valence-corrected chi connectivity index (χ0v) is 23.7. The van der Waals surface area contributed by atoms with Gasteiger partial charge in [-0.1, -0.05) is 29.8 Å². The van der Waals surface area contributed by atoms with Crippen LogP contribution in [0.3, 0.4) is 0 Å². The molecule has 0 saturated carbocycles. The number of esters is 1.